The van der Waals surface area contributed by atoms with Crippen molar-refractivity contribution in [3.8, 4) is 0 Å². The van der Waals surface area contributed by atoms with E-state index in [0.717, 1.165) is 15.3 Å². The van der Waals surface area contributed by atoms with Gasteiger partial charge in [-0.1, -0.05) is 106 Å². The minimum absolute atomic E-state index is 0.250. The molecule has 2 aromatic carbocycles. The van der Waals surface area contributed by atoms with E-state index in [2.05, 4.69) is 45.0 Å². The van der Waals surface area contributed by atoms with Crippen LogP contribution in [0.5, 0.6) is 0 Å². The SMILES string of the molecule is COC(=O)CC1(N(C(C)=O)C(=O)OC(C)(C)C)C=CC(O[Si](c2ccccc2)(c2ccccc2)C(C)(C)C)C=C1. The lowest BCUT2D eigenvalue weighted by atomic mass is 9.87. The minimum Gasteiger partial charge on any atom is -0.469 e. The third-order valence-corrected chi connectivity index (χ3v) is 11.9. The number of hydrogen-bond acceptors (Lipinski definition) is 6. The lowest BCUT2D eigenvalue weighted by Gasteiger charge is -2.45. The number of benzene rings is 2. The summed E-state index contributed by atoms with van der Waals surface area (Å²) < 4.78 is 17.6. The lowest BCUT2D eigenvalue weighted by molar-refractivity contribution is -0.143. The van der Waals surface area contributed by atoms with E-state index >= 15 is 0 Å². The maximum atomic E-state index is 13.2. The van der Waals surface area contributed by atoms with Gasteiger partial charge in [-0.25, -0.2) is 9.69 Å². The average Bonchev–Trinajstić information content (AvgIpc) is 2.87. The van der Waals surface area contributed by atoms with Crippen LogP contribution in [0.1, 0.15) is 54.9 Å². The summed E-state index contributed by atoms with van der Waals surface area (Å²) in [4.78, 5) is 39.6. The van der Waals surface area contributed by atoms with Crippen molar-refractivity contribution in [2.75, 3.05) is 7.11 Å². The molecular weight excluding hydrogens is 522 g/mol. The Morgan fingerprint density at radius 3 is 1.70 bits per heavy atom. The van der Waals surface area contributed by atoms with Gasteiger partial charge in [-0.15, -0.1) is 0 Å². The predicted molar refractivity (Wildman–Crippen MR) is 159 cm³/mol. The number of carbonyl (C=O) groups is 3. The van der Waals surface area contributed by atoms with Gasteiger partial charge in [-0.2, -0.15) is 0 Å². The summed E-state index contributed by atoms with van der Waals surface area (Å²) in [6.07, 6.45) is 5.39. The van der Waals surface area contributed by atoms with Gasteiger partial charge in [0.05, 0.1) is 19.6 Å². The summed E-state index contributed by atoms with van der Waals surface area (Å²) in [6, 6.07) is 20.5. The zero-order valence-corrected chi connectivity index (χ0v) is 25.8. The Balaban J connectivity index is 2.10. The van der Waals surface area contributed by atoms with Gasteiger partial charge in [0.25, 0.3) is 8.32 Å². The summed E-state index contributed by atoms with van der Waals surface area (Å²) in [7, 11) is -1.62. The number of ether oxygens (including phenoxy) is 2. The summed E-state index contributed by atoms with van der Waals surface area (Å²) in [5.41, 5.74) is -2.25. The van der Waals surface area contributed by atoms with E-state index in [1.54, 1.807) is 32.9 Å². The second-order valence-corrected chi connectivity index (χ2v) is 16.3. The van der Waals surface area contributed by atoms with Gasteiger partial charge >= 0.3 is 12.1 Å². The molecule has 0 heterocycles. The Bertz CT molecular complexity index is 1200. The Labute approximate surface area is 238 Å². The largest absolute Gasteiger partial charge is 0.469 e. The maximum absolute atomic E-state index is 13.2. The number of rotatable bonds is 7. The van der Waals surface area contributed by atoms with E-state index in [1.807, 2.05) is 48.6 Å². The molecule has 0 fully saturated rings. The maximum Gasteiger partial charge on any atom is 0.418 e. The summed E-state index contributed by atoms with van der Waals surface area (Å²) in [5.74, 6) is -1.13. The molecule has 8 heteroatoms. The monoisotopic (exact) mass is 563 g/mol. The molecule has 3 rings (SSSR count). The second-order valence-electron chi connectivity index (χ2n) is 12.0. The van der Waals surface area contributed by atoms with E-state index in [1.165, 1.54) is 14.0 Å². The first-order valence-electron chi connectivity index (χ1n) is 13.4. The lowest BCUT2D eigenvalue weighted by Crippen LogP contribution is -2.67. The highest BCUT2D eigenvalue weighted by atomic mass is 28.4. The van der Waals surface area contributed by atoms with Crippen molar-refractivity contribution in [2.45, 2.75) is 77.2 Å². The number of esters is 1. The van der Waals surface area contributed by atoms with Crippen LogP contribution in [0, 0.1) is 0 Å². The number of carbonyl (C=O) groups excluding carboxylic acids is 3. The molecule has 0 saturated carbocycles. The van der Waals surface area contributed by atoms with E-state index in [0.29, 0.717) is 0 Å². The molecule has 0 bridgehead atoms. The molecule has 7 nitrogen and oxygen atoms in total. The van der Waals surface area contributed by atoms with Crippen molar-refractivity contribution in [3.05, 3.63) is 85.0 Å². The zero-order valence-electron chi connectivity index (χ0n) is 24.8. The Hall–Kier alpha value is -3.49. The fraction of sp³-hybridized carbons (Fsp3) is 0.406. The Kier molecular flexibility index (Phi) is 9.27. The molecule has 214 valence electrons. The zero-order chi connectivity index (χ0) is 29.8. The smallest absolute Gasteiger partial charge is 0.418 e. The highest BCUT2D eigenvalue weighted by Crippen LogP contribution is 2.39. The topological polar surface area (TPSA) is 82.1 Å². The molecule has 1 aliphatic rings. The Morgan fingerprint density at radius 1 is 0.850 bits per heavy atom. The summed E-state index contributed by atoms with van der Waals surface area (Å²) in [5, 5.41) is 2.00. The normalized spacial score (nSPS) is 19.1. The predicted octanol–water partition coefficient (Wildman–Crippen LogP) is 5.14. The van der Waals surface area contributed by atoms with Gasteiger partial charge < -0.3 is 13.9 Å². The molecule has 0 N–H and O–H groups in total. The van der Waals surface area contributed by atoms with Crippen LogP contribution in [0.3, 0.4) is 0 Å². The van der Waals surface area contributed by atoms with Crippen LogP contribution in [0.4, 0.5) is 4.79 Å². The minimum atomic E-state index is -2.89. The molecule has 0 saturated heterocycles. The fourth-order valence-corrected chi connectivity index (χ4v) is 9.75. The molecule has 0 radical (unpaired) electrons. The third-order valence-electron chi connectivity index (χ3n) is 6.84. The number of imide groups is 1. The highest BCUT2D eigenvalue weighted by molar-refractivity contribution is 6.99. The van der Waals surface area contributed by atoms with Gasteiger partial charge in [0, 0.05) is 6.92 Å². The molecule has 0 spiro atoms. The van der Waals surface area contributed by atoms with Crippen LogP contribution in [0.15, 0.2) is 85.0 Å². The van der Waals surface area contributed by atoms with Crippen LogP contribution < -0.4 is 10.4 Å². The number of methoxy groups -OCH3 is 1. The molecule has 0 unspecified atom stereocenters. The average molecular weight is 564 g/mol. The van der Waals surface area contributed by atoms with E-state index in [4.69, 9.17) is 13.9 Å². The molecule has 0 atom stereocenters. The van der Waals surface area contributed by atoms with Crippen LogP contribution in [0.25, 0.3) is 0 Å². The molecule has 0 aliphatic heterocycles. The number of hydrogen-bond donors (Lipinski definition) is 0. The van der Waals surface area contributed by atoms with E-state index in [-0.39, 0.29) is 11.5 Å². The van der Waals surface area contributed by atoms with Crippen molar-refractivity contribution in [2.24, 2.45) is 0 Å². The van der Waals surface area contributed by atoms with E-state index in [9.17, 15) is 14.4 Å². The first kappa shape index (κ1) is 31.0. The van der Waals surface area contributed by atoms with Crippen LogP contribution in [0.2, 0.25) is 5.04 Å². The molecule has 1 aliphatic carbocycles. The van der Waals surface area contributed by atoms with Crippen LogP contribution in [-0.4, -0.2) is 55.5 Å². The van der Waals surface area contributed by atoms with Gasteiger partial charge in [-0.05, 0) is 36.2 Å². The quantitative estimate of drug-likeness (QED) is 0.264. The van der Waals surface area contributed by atoms with Crippen molar-refractivity contribution in [1.82, 2.24) is 4.90 Å². The third kappa shape index (κ3) is 6.62. The number of amides is 2. The van der Waals surface area contributed by atoms with Crippen molar-refractivity contribution < 1.29 is 28.3 Å². The van der Waals surface area contributed by atoms with Crippen molar-refractivity contribution >= 4 is 36.7 Å². The first-order valence-corrected chi connectivity index (χ1v) is 15.3. The molecular formula is C32H41NO6Si. The van der Waals surface area contributed by atoms with Gasteiger partial charge in [0.1, 0.15) is 11.1 Å². The van der Waals surface area contributed by atoms with Gasteiger partial charge in [0.15, 0.2) is 0 Å². The molecule has 2 aromatic rings. The van der Waals surface area contributed by atoms with Crippen molar-refractivity contribution in [3.63, 3.8) is 0 Å². The molecule has 0 aromatic heterocycles. The fourth-order valence-electron chi connectivity index (χ4n) is 5.17. The molecule has 2 amide bonds. The van der Waals surface area contributed by atoms with Gasteiger partial charge in [0.2, 0.25) is 5.91 Å². The number of nitrogens with zero attached hydrogens (tertiary/aromatic N) is 1. The summed E-state index contributed by atoms with van der Waals surface area (Å²) >= 11 is 0. The first-order chi connectivity index (χ1) is 18.6. The molecule has 40 heavy (non-hydrogen) atoms. The van der Waals surface area contributed by atoms with Crippen molar-refractivity contribution in [1.29, 1.82) is 0 Å². The van der Waals surface area contributed by atoms with Crippen LogP contribution >= 0.6 is 0 Å². The van der Waals surface area contributed by atoms with Crippen LogP contribution in [-0.2, 0) is 23.5 Å². The standard InChI is InChI=1S/C32H41NO6Si/c1-24(34)33(29(36)38-30(2,3)4)32(23-28(35)37-8)21-19-25(20-22-32)39-40(31(5,6)7,26-15-11-9-12-16-26)27-17-13-10-14-18-27/h9-22,25H,23H2,1-8H3. The second kappa shape index (κ2) is 11.9. The highest BCUT2D eigenvalue weighted by Gasteiger charge is 2.52. The van der Waals surface area contributed by atoms with Gasteiger partial charge in [-0.3, -0.25) is 9.59 Å². The van der Waals surface area contributed by atoms with E-state index < -0.39 is 43.5 Å². The Morgan fingerprint density at radius 2 is 1.32 bits per heavy atom. The summed E-state index contributed by atoms with van der Waals surface area (Å²) in [6.45, 7) is 13.0.